The lowest BCUT2D eigenvalue weighted by Crippen LogP contribution is -2.28. The maximum absolute atomic E-state index is 12.9. The number of carbonyl (C=O) groups excluding carboxylic acids is 1. The molecule has 2 aromatic rings. The summed E-state index contributed by atoms with van der Waals surface area (Å²) in [5, 5.41) is 7.35. The molecule has 0 saturated heterocycles. The van der Waals surface area contributed by atoms with E-state index in [9.17, 15) is 9.18 Å². The highest BCUT2D eigenvalue weighted by atomic mass is 19.1. The summed E-state index contributed by atoms with van der Waals surface area (Å²) in [6.45, 7) is 1.80. The second kappa shape index (κ2) is 9.50. The Hall–Kier alpha value is -2.41. The van der Waals surface area contributed by atoms with Gasteiger partial charge in [-0.25, -0.2) is 9.07 Å². The minimum atomic E-state index is -0.278. The Bertz CT molecular complexity index is 726. The van der Waals surface area contributed by atoms with E-state index in [1.807, 2.05) is 22.7 Å². The van der Waals surface area contributed by atoms with Gasteiger partial charge in [-0.15, -0.1) is 0 Å². The number of hydrogen-bond acceptors (Lipinski definition) is 4. The molecule has 1 aromatic carbocycles. The maximum Gasteiger partial charge on any atom is 0.226 e. The van der Waals surface area contributed by atoms with Crippen molar-refractivity contribution in [2.75, 3.05) is 32.1 Å². The number of halogens is 1. The van der Waals surface area contributed by atoms with E-state index in [1.165, 1.54) is 25.0 Å². The normalized spacial score (nSPS) is 14.6. The van der Waals surface area contributed by atoms with Gasteiger partial charge in [-0.2, -0.15) is 5.10 Å². The second-order valence-corrected chi connectivity index (χ2v) is 7.00. The van der Waals surface area contributed by atoms with Crippen LogP contribution in [0.4, 0.5) is 10.2 Å². The van der Waals surface area contributed by atoms with Gasteiger partial charge < -0.3 is 15.0 Å². The lowest BCUT2D eigenvalue weighted by atomic mass is 10.2. The molecule has 7 heteroatoms. The lowest BCUT2D eigenvalue weighted by Gasteiger charge is -2.18. The summed E-state index contributed by atoms with van der Waals surface area (Å²) in [4.78, 5) is 14.3. The third kappa shape index (κ3) is 5.79. The van der Waals surface area contributed by atoms with Gasteiger partial charge in [0.2, 0.25) is 5.91 Å². The highest BCUT2D eigenvalue weighted by molar-refractivity contribution is 5.89. The van der Waals surface area contributed by atoms with Crippen LogP contribution in [-0.2, 0) is 4.79 Å². The number of carbonyl (C=O) groups is 1. The predicted molar refractivity (Wildman–Crippen MR) is 102 cm³/mol. The van der Waals surface area contributed by atoms with E-state index < -0.39 is 0 Å². The Morgan fingerprint density at radius 2 is 2.00 bits per heavy atom. The zero-order valence-electron chi connectivity index (χ0n) is 15.7. The van der Waals surface area contributed by atoms with Crippen LogP contribution >= 0.6 is 0 Å². The molecule has 3 rings (SSSR count). The molecule has 0 radical (unpaired) electrons. The minimum absolute atomic E-state index is 0.0129. The first kappa shape index (κ1) is 19.4. The highest BCUT2D eigenvalue weighted by Crippen LogP contribution is 2.31. The number of rotatable bonds is 9. The Kier molecular flexibility index (Phi) is 6.81. The fraction of sp³-hybridized carbons (Fsp3) is 0.500. The van der Waals surface area contributed by atoms with Crippen LogP contribution in [0.5, 0.6) is 5.75 Å². The van der Waals surface area contributed by atoms with Crippen molar-refractivity contribution in [2.45, 2.75) is 38.1 Å². The summed E-state index contributed by atoms with van der Waals surface area (Å²) in [5.74, 6) is 1.14. The fourth-order valence-electron chi connectivity index (χ4n) is 3.31. The number of anilines is 1. The van der Waals surface area contributed by atoms with Crippen LogP contribution in [0.15, 0.2) is 36.5 Å². The van der Waals surface area contributed by atoms with E-state index in [0.29, 0.717) is 37.9 Å². The third-order valence-corrected chi connectivity index (χ3v) is 4.88. The monoisotopic (exact) mass is 374 g/mol. The molecule has 1 saturated carbocycles. The van der Waals surface area contributed by atoms with Crippen LogP contribution in [-0.4, -0.2) is 47.3 Å². The molecular formula is C20H27FN4O2. The molecule has 1 aliphatic rings. The van der Waals surface area contributed by atoms with Gasteiger partial charge in [0, 0.05) is 25.6 Å². The number of aromatic nitrogens is 2. The van der Waals surface area contributed by atoms with Gasteiger partial charge >= 0.3 is 0 Å². The summed E-state index contributed by atoms with van der Waals surface area (Å²) in [7, 11) is 1.95. The van der Waals surface area contributed by atoms with Crippen LogP contribution in [0.3, 0.4) is 0 Å². The molecule has 0 spiro atoms. The first-order chi connectivity index (χ1) is 13.1. The average molecular weight is 374 g/mol. The Morgan fingerprint density at radius 1 is 1.26 bits per heavy atom. The molecule has 1 amide bonds. The summed E-state index contributed by atoms with van der Waals surface area (Å²) < 4.78 is 20.4. The predicted octanol–water partition coefficient (Wildman–Crippen LogP) is 3.48. The highest BCUT2D eigenvalue weighted by Gasteiger charge is 2.20. The fourth-order valence-corrected chi connectivity index (χ4v) is 3.31. The standard InChI is InChI=1S/C20H27FN4O2/c1-24(14-15-27-18-8-6-16(21)7-9-18)13-11-20(26)23-19-10-12-22-25(19)17-4-2-3-5-17/h6-10,12,17H,2-5,11,13-15H2,1H3,(H,23,26). The average Bonchev–Trinajstić information content (AvgIpc) is 3.33. The third-order valence-electron chi connectivity index (χ3n) is 4.88. The van der Waals surface area contributed by atoms with Crippen LogP contribution in [0.25, 0.3) is 0 Å². The van der Waals surface area contributed by atoms with Crippen molar-refractivity contribution in [1.82, 2.24) is 14.7 Å². The van der Waals surface area contributed by atoms with E-state index in [1.54, 1.807) is 18.3 Å². The van der Waals surface area contributed by atoms with E-state index in [4.69, 9.17) is 4.74 Å². The van der Waals surface area contributed by atoms with Crippen molar-refractivity contribution in [3.63, 3.8) is 0 Å². The summed E-state index contributed by atoms with van der Waals surface area (Å²) >= 11 is 0. The van der Waals surface area contributed by atoms with Gasteiger partial charge in [-0.3, -0.25) is 4.79 Å². The van der Waals surface area contributed by atoms with Crippen molar-refractivity contribution in [1.29, 1.82) is 0 Å². The molecule has 146 valence electrons. The van der Waals surface area contributed by atoms with E-state index in [0.717, 1.165) is 18.7 Å². The Balaban J connectivity index is 1.36. The van der Waals surface area contributed by atoms with Gasteiger partial charge in [0.1, 0.15) is 24.0 Å². The van der Waals surface area contributed by atoms with E-state index >= 15 is 0 Å². The quantitative estimate of drug-likeness (QED) is 0.730. The molecular weight excluding hydrogens is 347 g/mol. The SMILES string of the molecule is CN(CCOc1ccc(F)cc1)CCC(=O)Nc1ccnn1C1CCCC1. The number of nitrogens with one attached hydrogen (secondary N) is 1. The Morgan fingerprint density at radius 3 is 2.74 bits per heavy atom. The maximum atomic E-state index is 12.9. The zero-order valence-corrected chi connectivity index (χ0v) is 15.7. The first-order valence-corrected chi connectivity index (χ1v) is 9.52. The van der Waals surface area contributed by atoms with Gasteiger partial charge in [0.15, 0.2) is 0 Å². The molecule has 0 aliphatic heterocycles. The van der Waals surface area contributed by atoms with Crippen LogP contribution in [0.1, 0.15) is 38.1 Å². The molecule has 1 N–H and O–H groups in total. The first-order valence-electron chi connectivity index (χ1n) is 9.52. The van der Waals surface area contributed by atoms with Gasteiger partial charge in [-0.1, -0.05) is 12.8 Å². The summed E-state index contributed by atoms with van der Waals surface area (Å²) in [5.41, 5.74) is 0. The molecule has 0 atom stereocenters. The minimum Gasteiger partial charge on any atom is -0.492 e. The van der Waals surface area contributed by atoms with Crippen molar-refractivity contribution >= 4 is 11.7 Å². The molecule has 1 aliphatic carbocycles. The van der Waals surface area contributed by atoms with E-state index in [-0.39, 0.29) is 11.7 Å². The molecule has 27 heavy (non-hydrogen) atoms. The van der Waals surface area contributed by atoms with Crippen molar-refractivity contribution in [3.05, 3.63) is 42.3 Å². The summed E-state index contributed by atoms with van der Waals surface area (Å²) in [6, 6.07) is 8.23. The zero-order chi connectivity index (χ0) is 19.1. The van der Waals surface area contributed by atoms with Gasteiger partial charge in [0.05, 0.1) is 12.2 Å². The van der Waals surface area contributed by atoms with Crippen molar-refractivity contribution in [2.24, 2.45) is 0 Å². The largest absolute Gasteiger partial charge is 0.492 e. The summed E-state index contributed by atoms with van der Waals surface area (Å²) in [6.07, 6.45) is 6.85. The Labute approximate surface area is 159 Å². The number of nitrogens with zero attached hydrogens (tertiary/aromatic N) is 3. The number of hydrogen-bond donors (Lipinski definition) is 1. The van der Waals surface area contributed by atoms with E-state index in [2.05, 4.69) is 10.4 Å². The molecule has 1 heterocycles. The smallest absolute Gasteiger partial charge is 0.226 e. The van der Waals surface area contributed by atoms with Crippen LogP contribution < -0.4 is 10.1 Å². The number of likely N-dealkylation sites (N-methyl/N-ethyl adjacent to an activating group) is 1. The lowest BCUT2D eigenvalue weighted by molar-refractivity contribution is -0.116. The van der Waals surface area contributed by atoms with Crippen LogP contribution in [0.2, 0.25) is 0 Å². The second-order valence-electron chi connectivity index (χ2n) is 7.00. The van der Waals surface area contributed by atoms with Crippen molar-refractivity contribution in [3.8, 4) is 5.75 Å². The molecule has 1 aromatic heterocycles. The van der Waals surface area contributed by atoms with Gasteiger partial charge in [-0.05, 0) is 44.2 Å². The number of benzene rings is 1. The van der Waals surface area contributed by atoms with Gasteiger partial charge in [0.25, 0.3) is 0 Å². The topological polar surface area (TPSA) is 59.4 Å². The van der Waals surface area contributed by atoms with Crippen molar-refractivity contribution < 1.29 is 13.9 Å². The molecule has 0 bridgehead atoms. The number of amides is 1. The molecule has 6 nitrogen and oxygen atoms in total. The van der Waals surface area contributed by atoms with Crippen LogP contribution in [0, 0.1) is 5.82 Å². The molecule has 0 unspecified atom stereocenters. The number of ether oxygens (including phenoxy) is 1. The molecule has 1 fully saturated rings.